The van der Waals surface area contributed by atoms with E-state index in [0.717, 1.165) is 39.7 Å². The summed E-state index contributed by atoms with van der Waals surface area (Å²) in [6, 6.07) is 121. The molecule has 0 saturated heterocycles. The van der Waals surface area contributed by atoms with E-state index in [1.165, 1.54) is 83.1 Å². The Morgan fingerprint density at radius 1 is 0.200 bits per heavy atom. The van der Waals surface area contributed by atoms with E-state index in [1.54, 1.807) is 0 Å². The lowest BCUT2D eigenvalue weighted by atomic mass is 9.67. The lowest BCUT2D eigenvalue weighted by Gasteiger charge is -2.35. The van der Waals surface area contributed by atoms with Gasteiger partial charge in [-0.2, -0.15) is 0 Å². The molecule has 0 atom stereocenters. The predicted molar refractivity (Wildman–Crippen MR) is 333 cm³/mol. The Morgan fingerprint density at radius 3 is 1.01 bits per heavy atom. The number of hydrogen-bond donors (Lipinski definition) is 0. The first-order valence-electron chi connectivity index (χ1n) is 27.7. The molecule has 0 bridgehead atoms. The van der Waals surface area contributed by atoms with Gasteiger partial charge in [0.1, 0.15) is 0 Å². The highest BCUT2D eigenvalue weighted by atomic mass is 15.1. The molecule has 0 heterocycles. The molecule has 80 heavy (non-hydrogen) atoms. The third-order valence-corrected chi connectivity index (χ3v) is 17.0. The molecule has 0 aliphatic heterocycles. The summed E-state index contributed by atoms with van der Waals surface area (Å²) in [5.74, 6) is 0. The van der Waals surface area contributed by atoms with Gasteiger partial charge < -0.3 is 9.80 Å². The van der Waals surface area contributed by atoms with Crippen LogP contribution in [-0.4, -0.2) is 0 Å². The number of rotatable bonds is 11. The summed E-state index contributed by atoms with van der Waals surface area (Å²) in [5.41, 5.74) is 23.1. The van der Waals surface area contributed by atoms with Crippen LogP contribution < -0.4 is 9.80 Å². The molecule has 13 aromatic rings. The molecule has 15 rings (SSSR count). The molecule has 0 N–H and O–H groups in total. The first-order chi connectivity index (χ1) is 39.7. The molecule has 376 valence electrons. The van der Waals surface area contributed by atoms with E-state index in [9.17, 15) is 0 Å². The number of benzene rings is 13. The lowest BCUT2D eigenvalue weighted by Crippen LogP contribution is -2.28. The van der Waals surface area contributed by atoms with Crippen LogP contribution in [0.5, 0.6) is 0 Å². The molecule has 0 fully saturated rings. The highest BCUT2D eigenvalue weighted by molar-refractivity contribution is 6.06. The fourth-order valence-corrected chi connectivity index (χ4v) is 13.7. The van der Waals surface area contributed by atoms with Crippen LogP contribution >= 0.6 is 0 Å². The summed E-state index contributed by atoms with van der Waals surface area (Å²) in [6.45, 7) is 0. The van der Waals surface area contributed by atoms with Crippen molar-refractivity contribution in [3.63, 3.8) is 0 Å². The highest BCUT2D eigenvalue weighted by Crippen LogP contribution is 2.59. The van der Waals surface area contributed by atoms with Crippen molar-refractivity contribution >= 4 is 44.9 Å². The zero-order valence-electron chi connectivity index (χ0n) is 44.1. The smallest absolute Gasteiger partial charge is 0.0714 e. The first-order valence-corrected chi connectivity index (χ1v) is 27.7. The number of anilines is 6. The van der Waals surface area contributed by atoms with E-state index in [-0.39, 0.29) is 0 Å². The summed E-state index contributed by atoms with van der Waals surface area (Å²) in [6.07, 6.45) is 0. The second kappa shape index (κ2) is 19.3. The molecule has 0 aromatic heterocycles. The van der Waals surface area contributed by atoms with E-state index in [2.05, 4.69) is 337 Å². The molecule has 2 nitrogen and oxygen atoms in total. The Bertz CT molecular complexity index is 4310. The van der Waals surface area contributed by atoms with Gasteiger partial charge in [-0.05, 0) is 150 Å². The number of hydrogen-bond acceptors (Lipinski definition) is 2. The molecule has 13 aromatic carbocycles. The predicted octanol–water partition coefficient (Wildman–Crippen LogP) is 20.2. The zero-order valence-corrected chi connectivity index (χ0v) is 44.1. The van der Waals surface area contributed by atoms with Gasteiger partial charge in [-0.15, -0.1) is 0 Å². The maximum Gasteiger partial charge on any atom is 0.0714 e. The molecule has 0 spiro atoms. The molecule has 0 amide bonds. The van der Waals surface area contributed by atoms with Gasteiger partial charge in [-0.3, -0.25) is 0 Å². The van der Waals surface area contributed by atoms with Gasteiger partial charge in [0.2, 0.25) is 0 Å². The van der Waals surface area contributed by atoms with Crippen LogP contribution in [-0.2, 0) is 10.8 Å². The number of nitrogens with zero attached hydrogens (tertiary/aromatic N) is 2. The molecule has 2 heteroatoms. The SMILES string of the molecule is c1ccc(N(c2ccc(-c3cccc4c(N(c5ccccc5)c5ccc6c(c5)C(c5ccccc5)(c5ccccc5)c5ccccc5-6)cccc34)cc2)c2ccc3c(c2)C(c2ccccc2)(c2ccccc2)c2ccccc2-3)cc1. The van der Waals surface area contributed by atoms with Crippen LogP contribution in [0.25, 0.3) is 44.2 Å². The molecular weight excluding hydrogens is 965 g/mol. The molecule has 0 radical (unpaired) electrons. The minimum absolute atomic E-state index is 0.513. The molecule has 2 aliphatic rings. The van der Waals surface area contributed by atoms with Gasteiger partial charge in [0.25, 0.3) is 0 Å². The van der Waals surface area contributed by atoms with Gasteiger partial charge in [0, 0.05) is 33.8 Å². The molecule has 2 aliphatic carbocycles. The van der Waals surface area contributed by atoms with Crippen molar-refractivity contribution in [2.75, 3.05) is 9.80 Å². The maximum absolute atomic E-state index is 2.46. The lowest BCUT2D eigenvalue weighted by molar-refractivity contribution is 0.768. The number of fused-ring (bicyclic) bond motifs is 7. The third kappa shape index (κ3) is 7.26. The van der Waals surface area contributed by atoms with Crippen molar-refractivity contribution in [2.45, 2.75) is 10.8 Å². The quantitative estimate of drug-likeness (QED) is 0.127. The van der Waals surface area contributed by atoms with Crippen molar-refractivity contribution in [1.29, 1.82) is 0 Å². The van der Waals surface area contributed by atoms with Crippen LogP contribution in [0.4, 0.5) is 34.1 Å². The van der Waals surface area contributed by atoms with Gasteiger partial charge >= 0.3 is 0 Å². The van der Waals surface area contributed by atoms with E-state index in [4.69, 9.17) is 0 Å². The van der Waals surface area contributed by atoms with E-state index < -0.39 is 10.8 Å². The van der Waals surface area contributed by atoms with Crippen LogP contribution in [0.15, 0.2) is 328 Å². The van der Waals surface area contributed by atoms with Gasteiger partial charge in [-0.25, -0.2) is 0 Å². The second-order valence-electron chi connectivity index (χ2n) is 21.1. The van der Waals surface area contributed by atoms with E-state index in [0.29, 0.717) is 0 Å². The summed E-state index contributed by atoms with van der Waals surface area (Å²) < 4.78 is 0. The van der Waals surface area contributed by atoms with Crippen LogP contribution in [0.3, 0.4) is 0 Å². The second-order valence-corrected chi connectivity index (χ2v) is 21.1. The van der Waals surface area contributed by atoms with E-state index in [1.807, 2.05) is 0 Å². The fourth-order valence-electron chi connectivity index (χ4n) is 13.7. The molecular formula is C78H54N2. The average molecular weight is 1020 g/mol. The molecule has 0 saturated carbocycles. The van der Waals surface area contributed by atoms with Crippen molar-refractivity contribution in [2.24, 2.45) is 0 Å². The van der Waals surface area contributed by atoms with Crippen molar-refractivity contribution < 1.29 is 0 Å². The Kier molecular flexibility index (Phi) is 11.3. The van der Waals surface area contributed by atoms with Crippen LogP contribution in [0.2, 0.25) is 0 Å². The Labute approximate surface area is 468 Å². The Balaban J connectivity index is 0.856. The van der Waals surface area contributed by atoms with Gasteiger partial charge in [0.05, 0.1) is 16.5 Å². The van der Waals surface area contributed by atoms with Crippen molar-refractivity contribution in [3.05, 3.63) is 372 Å². The van der Waals surface area contributed by atoms with Gasteiger partial charge in [-0.1, -0.05) is 261 Å². The number of para-hydroxylation sites is 2. The maximum atomic E-state index is 2.46. The Morgan fingerprint density at radius 2 is 0.537 bits per heavy atom. The zero-order chi connectivity index (χ0) is 53.0. The minimum atomic E-state index is -0.525. The normalized spacial score (nSPS) is 13.2. The Hall–Kier alpha value is -10.3. The minimum Gasteiger partial charge on any atom is -0.310 e. The largest absolute Gasteiger partial charge is 0.310 e. The third-order valence-electron chi connectivity index (χ3n) is 17.0. The first kappa shape index (κ1) is 47.0. The fraction of sp³-hybridized carbons (Fsp3) is 0.0256. The van der Waals surface area contributed by atoms with Crippen molar-refractivity contribution in [1.82, 2.24) is 0 Å². The monoisotopic (exact) mass is 1020 g/mol. The van der Waals surface area contributed by atoms with E-state index >= 15 is 0 Å². The summed E-state index contributed by atoms with van der Waals surface area (Å²) in [5, 5.41) is 2.36. The summed E-state index contributed by atoms with van der Waals surface area (Å²) >= 11 is 0. The standard InChI is InChI=1S/C78H54N2/c1-7-25-56(26-8-1)77(57-27-9-2-10-28-57)72-42-21-19-37-67(72)69-51-49-63(53-74(69)77)79(60-33-15-5-16-34-60)62-47-45-55(46-48-62)65-39-23-41-71-66(65)40-24-44-76(71)80(61-35-17-6-18-36-61)64-50-52-70-68-38-20-22-43-73(68)78(75(70)54-64,58-29-11-3-12-30-58)59-31-13-4-14-32-59/h1-54H. The topological polar surface area (TPSA) is 6.48 Å². The summed E-state index contributed by atoms with van der Waals surface area (Å²) in [4.78, 5) is 4.86. The highest BCUT2D eigenvalue weighted by Gasteiger charge is 2.48. The van der Waals surface area contributed by atoms with Crippen LogP contribution in [0.1, 0.15) is 44.5 Å². The van der Waals surface area contributed by atoms with Gasteiger partial charge in [0.15, 0.2) is 0 Å². The van der Waals surface area contributed by atoms with Crippen molar-refractivity contribution in [3.8, 4) is 33.4 Å². The van der Waals surface area contributed by atoms with Crippen LogP contribution in [0, 0.1) is 0 Å². The average Bonchev–Trinajstić information content (AvgIpc) is 4.04. The summed E-state index contributed by atoms with van der Waals surface area (Å²) in [7, 11) is 0. The molecule has 0 unspecified atom stereocenters.